The normalized spacial score (nSPS) is 15.3. The van der Waals surface area contributed by atoms with Crippen LogP contribution in [-0.2, 0) is 9.59 Å². The number of imide groups is 1. The van der Waals surface area contributed by atoms with Crippen molar-refractivity contribution < 1.29 is 18.8 Å². The van der Waals surface area contributed by atoms with Gasteiger partial charge in [0.05, 0.1) is 5.69 Å². The Hall–Kier alpha value is -2.75. The monoisotopic (exact) mass is 465 g/mol. The molecule has 2 aromatic carbocycles. The van der Waals surface area contributed by atoms with Crippen LogP contribution in [0.5, 0.6) is 0 Å². The van der Waals surface area contributed by atoms with Gasteiger partial charge in [0.2, 0.25) is 5.91 Å². The van der Waals surface area contributed by atoms with Gasteiger partial charge >= 0.3 is 6.03 Å². The van der Waals surface area contributed by atoms with Gasteiger partial charge in [0.25, 0.3) is 5.91 Å². The molecule has 8 heteroatoms. The molecule has 1 aliphatic rings. The standard InChI is InChI=1S/C18H13FIN3O3/c19-12-6-2-4-8-14(12)21-16(24)10-23-17(25)15(22-18(23)26)9-11-5-1-3-7-13(11)20/h1-9H,10H2,(H,21,24)(H,22,26). The summed E-state index contributed by atoms with van der Waals surface area (Å²) in [7, 11) is 0. The number of nitrogens with zero attached hydrogens (tertiary/aromatic N) is 1. The van der Waals surface area contributed by atoms with Crippen molar-refractivity contribution in [2.24, 2.45) is 0 Å². The molecule has 1 heterocycles. The summed E-state index contributed by atoms with van der Waals surface area (Å²) in [5.74, 6) is -1.88. The molecule has 1 aliphatic heterocycles. The summed E-state index contributed by atoms with van der Waals surface area (Å²) in [6.45, 7) is -0.512. The quantitative estimate of drug-likeness (QED) is 0.414. The van der Waals surface area contributed by atoms with Gasteiger partial charge in [-0.1, -0.05) is 30.3 Å². The summed E-state index contributed by atoms with van der Waals surface area (Å²) in [6, 6.07) is 12.3. The smallest absolute Gasteiger partial charge is 0.322 e. The lowest BCUT2D eigenvalue weighted by atomic mass is 10.2. The van der Waals surface area contributed by atoms with Crippen molar-refractivity contribution in [1.29, 1.82) is 0 Å². The van der Waals surface area contributed by atoms with Gasteiger partial charge in [0, 0.05) is 3.57 Å². The van der Waals surface area contributed by atoms with Crippen LogP contribution in [0.4, 0.5) is 14.9 Å². The van der Waals surface area contributed by atoms with E-state index in [1.165, 1.54) is 18.2 Å². The van der Waals surface area contributed by atoms with E-state index in [2.05, 4.69) is 33.2 Å². The van der Waals surface area contributed by atoms with Crippen molar-refractivity contribution in [3.05, 3.63) is 69.2 Å². The van der Waals surface area contributed by atoms with Crippen LogP contribution in [0.2, 0.25) is 0 Å². The minimum Gasteiger partial charge on any atom is -0.322 e. The average molecular weight is 465 g/mol. The minimum absolute atomic E-state index is 0.0147. The molecule has 6 nitrogen and oxygen atoms in total. The predicted molar refractivity (Wildman–Crippen MR) is 102 cm³/mol. The van der Waals surface area contributed by atoms with E-state index in [0.717, 1.165) is 14.0 Å². The van der Waals surface area contributed by atoms with Crippen molar-refractivity contribution >= 4 is 52.2 Å². The van der Waals surface area contributed by atoms with Gasteiger partial charge in [-0.05, 0) is 52.4 Å². The molecule has 0 radical (unpaired) electrons. The van der Waals surface area contributed by atoms with E-state index >= 15 is 0 Å². The first-order chi connectivity index (χ1) is 12.5. The SMILES string of the molecule is O=C(CN1C(=O)NC(=Cc2ccccc2I)C1=O)Nc1ccccc1F. The lowest BCUT2D eigenvalue weighted by Gasteiger charge is -2.12. The zero-order chi connectivity index (χ0) is 18.7. The summed E-state index contributed by atoms with van der Waals surface area (Å²) in [5.41, 5.74) is 0.839. The topological polar surface area (TPSA) is 78.5 Å². The second kappa shape index (κ2) is 7.65. The maximum Gasteiger partial charge on any atom is 0.329 e. The van der Waals surface area contributed by atoms with E-state index in [-0.39, 0.29) is 11.4 Å². The van der Waals surface area contributed by atoms with E-state index in [4.69, 9.17) is 0 Å². The molecule has 0 saturated carbocycles. The molecule has 0 unspecified atom stereocenters. The van der Waals surface area contributed by atoms with Crippen LogP contribution < -0.4 is 10.6 Å². The fourth-order valence-corrected chi connectivity index (χ4v) is 2.90. The summed E-state index contributed by atoms with van der Waals surface area (Å²) >= 11 is 2.12. The van der Waals surface area contributed by atoms with E-state index in [1.54, 1.807) is 12.1 Å². The van der Waals surface area contributed by atoms with E-state index < -0.39 is 30.2 Å². The van der Waals surface area contributed by atoms with Crippen LogP contribution in [-0.4, -0.2) is 29.3 Å². The molecule has 0 atom stereocenters. The summed E-state index contributed by atoms with van der Waals surface area (Å²) in [4.78, 5) is 37.3. The van der Waals surface area contributed by atoms with E-state index in [1.807, 2.05) is 24.3 Å². The Labute approximate surface area is 162 Å². The molecule has 3 rings (SSSR count). The number of amides is 4. The lowest BCUT2D eigenvalue weighted by Crippen LogP contribution is -2.38. The van der Waals surface area contributed by atoms with E-state index in [9.17, 15) is 18.8 Å². The molecular weight excluding hydrogens is 452 g/mol. The van der Waals surface area contributed by atoms with Gasteiger partial charge in [-0.25, -0.2) is 14.1 Å². The van der Waals surface area contributed by atoms with Gasteiger partial charge < -0.3 is 10.6 Å². The minimum atomic E-state index is -0.698. The first-order valence-electron chi connectivity index (χ1n) is 7.59. The molecule has 0 aliphatic carbocycles. The highest BCUT2D eigenvalue weighted by Gasteiger charge is 2.35. The Morgan fingerprint density at radius 2 is 1.85 bits per heavy atom. The van der Waals surface area contributed by atoms with Crippen LogP contribution in [0, 0.1) is 9.39 Å². The Balaban J connectivity index is 1.72. The largest absolute Gasteiger partial charge is 0.329 e. The third-order valence-corrected chi connectivity index (χ3v) is 4.60. The number of nitrogens with one attached hydrogen (secondary N) is 2. The molecule has 26 heavy (non-hydrogen) atoms. The van der Waals surface area contributed by atoms with Crippen molar-refractivity contribution in [2.45, 2.75) is 0 Å². The summed E-state index contributed by atoms with van der Waals surface area (Å²) in [5, 5.41) is 4.79. The number of halogens is 2. The van der Waals surface area contributed by atoms with Crippen LogP contribution in [0.1, 0.15) is 5.56 Å². The molecule has 0 aromatic heterocycles. The zero-order valence-electron chi connectivity index (χ0n) is 13.3. The molecule has 0 spiro atoms. The van der Waals surface area contributed by atoms with Crippen molar-refractivity contribution in [3.8, 4) is 0 Å². The lowest BCUT2D eigenvalue weighted by molar-refractivity contribution is -0.127. The van der Waals surface area contributed by atoms with Crippen molar-refractivity contribution in [2.75, 3.05) is 11.9 Å². The van der Waals surface area contributed by atoms with Gasteiger partial charge in [0.1, 0.15) is 18.1 Å². The Bertz CT molecular complexity index is 929. The second-order valence-electron chi connectivity index (χ2n) is 5.43. The molecule has 2 N–H and O–H groups in total. The molecule has 1 fully saturated rings. The highest BCUT2D eigenvalue weighted by atomic mass is 127. The number of urea groups is 1. The summed E-state index contributed by atoms with van der Waals surface area (Å²) in [6.07, 6.45) is 1.55. The Morgan fingerprint density at radius 1 is 1.15 bits per heavy atom. The van der Waals surface area contributed by atoms with Gasteiger partial charge in [-0.2, -0.15) is 0 Å². The number of rotatable bonds is 4. The zero-order valence-corrected chi connectivity index (χ0v) is 15.5. The maximum atomic E-state index is 13.6. The van der Waals surface area contributed by atoms with Gasteiger partial charge in [0.15, 0.2) is 0 Å². The third kappa shape index (κ3) is 3.90. The molecule has 132 valence electrons. The van der Waals surface area contributed by atoms with E-state index in [0.29, 0.717) is 0 Å². The molecular formula is C18H13FIN3O3. The number of para-hydroxylation sites is 1. The van der Waals surface area contributed by atoms with Crippen LogP contribution in [0.3, 0.4) is 0 Å². The van der Waals surface area contributed by atoms with Crippen LogP contribution in [0.15, 0.2) is 54.2 Å². The van der Waals surface area contributed by atoms with Crippen LogP contribution >= 0.6 is 22.6 Å². The number of carbonyl (C=O) groups is 3. The van der Waals surface area contributed by atoms with Gasteiger partial charge in [-0.3, -0.25) is 9.59 Å². The van der Waals surface area contributed by atoms with Crippen LogP contribution in [0.25, 0.3) is 6.08 Å². The first-order valence-corrected chi connectivity index (χ1v) is 8.67. The van der Waals surface area contributed by atoms with Crippen molar-refractivity contribution in [3.63, 3.8) is 0 Å². The average Bonchev–Trinajstić information content (AvgIpc) is 2.86. The molecule has 1 saturated heterocycles. The molecule has 0 bridgehead atoms. The maximum absolute atomic E-state index is 13.6. The highest BCUT2D eigenvalue weighted by Crippen LogP contribution is 2.18. The molecule has 4 amide bonds. The highest BCUT2D eigenvalue weighted by molar-refractivity contribution is 14.1. The fraction of sp³-hybridized carbons (Fsp3) is 0.0556. The first kappa shape index (κ1) is 18.1. The molecule has 2 aromatic rings. The number of benzene rings is 2. The number of carbonyl (C=O) groups excluding carboxylic acids is 3. The number of anilines is 1. The van der Waals surface area contributed by atoms with Crippen molar-refractivity contribution in [1.82, 2.24) is 10.2 Å². The Morgan fingerprint density at radius 3 is 2.58 bits per heavy atom. The van der Waals surface area contributed by atoms with Gasteiger partial charge in [-0.15, -0.1) is 0 Å². The predicted octanol–water partition coefficient (Wildman–Crippen LogP) is 2.96. The Kier molecular flexibility index (Phi) is 5.31. The summed E-state index contributed by atoms with van der Waals surface area (Å²) < 4.78 is 14.5. The number of hydrogen-bond donors (Lipinski definition) is 2. The third-order valence-electron chi connectivity index (χ3n) is 3.62. The number of hydrogen-bond acceptors (Lipinski definition) is 3. The fourth-order valence-electron chi connectivity index (χ4n) is 2.36. The second-order valence-corrected chi connectivity index (χ2v) is 6.59.